The van der Waals surface area contributed by atoms with E-state index >= 15 is 0 Å². The van der Waals surface area contributed by atoms with Crippen LogP contribution in [0.2, 0.25) is 5.02 Å². The number of carboxylic acids is 1. The van der Waals surface area contributed by atoms with Gasteiger partial charge in [0.25, 0.3) is 0 Å². The highest BCUT2D eigenvalue weighted by Gasteiger charge is 2.18. The monoisotopic (exact) mass is 312 g/mol. The minimum absolute atomic E-state index is 0.134. The molecule has 21 heavy (non-hydrogen) atoms. The Kier molecular flexibility index (Phi) is 7.02. The Morgan fingerprint density at radius 3 is 2.62 bits per heavy atom. The summed E-state index contributed by atoms with van der Waals surface area (Å²) in [5.74, 6) is -1.43. The molecular formula is C15H21ClN2O3. The summed E-state index contributed by atoms with van der Waals surface area (Å²) >= 11 is 6.05. The highest BCUT2D eigenvalue weighted by molar-refractivity contribution is 6.31. The molecule has 0 saturated heterocycles. The van der Waals surface area contributed by atoms with Crippen LogP contribution < -0.4 is 5.32 Å². The van der Waals surface area contributed by atoms with Crippen LogP contribution in [0.25, 0.3) is 0 Å². The van der Waals surface area contributed by atoms with Crippen LogP contribution in [-0.4, -0.2) is 35.6 Å². The van der Waals surface area contributed by atoms with Gasteiger partial charge in [0.2, 0.25) is 0 Å². The largest absolute Gasteiger partial charge is 0.481 e. The molecule has 2 amide bonds. The van der Waals surface area contributed by atoms with E-state index in [1.807, 2.05) is 25.1 Å². The lowest BCUT2D eigenvalue weighted by Crippen LogP contribution is -2.40. The van der Waals surface area contributed by atoms with E-state index in [1.54, 1.807) is 13.1 Å². The van der Waals surface area contributed by atoms with Gasteiger partial charge in [-0.05, 0) is 18.1 Å². The van der Waals surface area contributed by atoms with Gasteiger partial charge in [-0.25, -0.2) is 4.79 Å². The van der Waals surface area contributed by atoms with Crippen molar-refractivity contribution in [3.63, 3.8) is 0 Å². The predicted molar refractivity (Wildman–Crippen MR) is 82.4 cm³/mol. The fourth-order valence-electron chi connectivity index (χ4n) is 1.96. The van der Waals surface area contributed by atoms with Crippen molar-refractivity contribution < 1.29 is 14.7 Å². The van der Waals surface area contributed by atoms with Crippen molar-refractivity contribution in [3.05, 3.63) is 34.9 Å². The number of amides is 2. The number of carboxylic acid groups (broad SMARTS) is 1. The normalized spacial score (nSPS) is 11.8. The zero-order valence-electron chi connectivity index (χ0n) is 12.3. The first-order valence-electron chi connectivity index (χ1n) is 6.90. The van der Waals surface area contributed by atoms with Crippen molar-refractivity contribution in [1.82, 2.24) is 10.2 Å². The molecule has 0 aliphatic carbocycles. The molecule has 0 bridgehead atoms. The van der Waals surface area contributed by atoms with Crippen molar-refractivity contribution in [2.75, 3.05) is 13.6 Å². The number of halogens is 1. The van der Waals surface area contributed by atoms with Crippen LogP contribution in [0, 0.1) is 5.92 Å². The molecule has 116 valence electrons. The minimum atomic E-state index is -0.883. The van der Waals surface area contributed by atoms with Crippen LogP contribution in [-0.2, 0) is 11.3 Å². The maximum Gasteiger partial charge on any atom is 0.317 e. The molecule has 1 aromatic carbocycles. The van der Waals surface area contributed by atoms with Crippen LogP contribution in [0.5, 0.6) is 0 Å². The van der Waals surface area contributed by atoms with Crippen LogP contribution in [0.15, 0.2) is 24.3 Å². The van der Waals surface area contributed by atoms with E-state index in [0.29, 0.717) is 18.0 Å². The Hall–Kier alpha value is -1.75. The van der Waals surface area contributed by atoms with E-state index < -0.39 is 11.9 Å². The van der Waals surface area contributed by atoms with Gasteiger partial charge in [-0.3, -0.25) is 4.79 Å². The number of urea groups is 1. The first-order valence-corrected chi connectivity index (χ1v) is 7.28. The van der Waals surface area contributed by atoms with Gasteiger partial charge in [0.05, 0.1) is 5.92 Å². The van der Waals surface area contributed by atoms with E-state index in [-0.39, 0.29) is 12.6 Å². The van der Waals surface area contributed by atoms with Crippen LogP contribution in [0.3, 0.4) is 0 Å². The molecule has 2 N–H and O–H groups in total. The summed E-state index contributed by atoms with van der Waals surface area (Å²) in [4.78, 5) is 24.5. The van der Waals surface area contributed by atoms with Gasteiger partial charge in [-0.2, -0.15) is 0 Å². The molecule has 1 unspecified atom stereocenters. The fraction of sp³-hybridized carbons (Fsp3) is 0.467. The van der Waals surface area contributed by atoms with Crippen molar-refractivity contribution in [3.8, 4) is 0 Å². The molecule has 1 rings (SSSR count). The third-order valence-electron chi connectivity index (χ3n) is 3.20. The number of nitrogens with zero attached hydrogens (tertiary/aromatic N) is 1. The number of benzene rings is 1. The summed E-state index contributed by atoms with van der Waals surface area (Å²) in [6, 6.07) is 6.99. The number of carbonyl (C=O) groups excluding carboxylic acids is 1. The number of nitrogens with one attached hydrogen (secondary N) is 1. The second-order valence-corrected chi connectivity index (χ2v) is 5.36. The molecule has 0 spiro atoms. The number of hydrogen-bond acceptors (Lipinski definition) is 2. The SMILES string of the molecule is CCCC(CNC(=O)N(C)Cc1ccccc1Cl)C(=O)O. The summed E-state index contributed by atoms with van der Waals surface area (Å²) < 4.78 is 0. The molecule has 0 saturated carbocycles. The maximum atomic E-state index is 12.0. The Morgan fingerprint density at radius 1 is 1.38 bits per heavy atom. The molecule has 0 aromatic heterocycles. The van der Waals surface area contributed by atoms with E-state index in [2.05, 4.69) is 5.32 Å². The second-order valence-electron chi connectivity index (χ2n) is 4.96. The van der Waals surface area contributed by atoms with Gasteiger partial charge in [-0.15, -0.1) is 0 Å². The third kappa shape index (κ3) is 5.63. The van der Waals surface area contributed by atoms with Crippen molar-refractivity contribution in [1.29, 1.82) is 0 Å². The lowest BCUT2D eigenvalue weighted by Gasteiger charge is -2.20. The first-order chi connectivity index (χ1) is 9.95. The Labute approximate surface area is 129 Å². The van der Waals surface area contributed by atoms with Crippen molar-refractivity contribution >= 4 is 23.6 Å². The zero-order valence-corrected chi connectivity index (χ0v) is 13.1. The van der Waals surface area contributed by atoms with Gasteiger partial charge in [-0.1, -0.05) is 43.1 Å². The molecule has 6 heteroatoms. The zero-order chi connectivity index (χ0) is 15.8. The summed E-state index contributed by atoms with van der Waals surface area (Å²) in [5, 5.41) is 12.3. The number of hydrogen-bond donors (Lipinski definition) is 2. The first kappa shape index (κ1) is 17.3. The van der Waals surface area contributed by atoms with Crippen LogP contribution >= 0.6 is 11.6 Å². The molecule has 0 fully saturated rings. The lowest BCUT2D eigenvalue weighted by molar-refractivity contribution is -0.141. The average molecular weight is 313 g/mol. The Balaban J connectivity index is 2.51. The van der Waals surface area contributed by atoms with E-state index in [0.717, 1.165) is 12.0 Å². The number of aliphatic carboxylic acids is 1. The predicted octanol–water partition coefficient (Wildman–Crippen LogP) is 2.98. The molecule has 0 radical (unpaired) electrons. The summed E-state index contributed by atoms with van der Waals surface area (Å²) in [6.07, 6.45) is 1.31. The molecule has 1 atom stereocenters. The fourth-order valence-corrected chi connectivity index (χ4v) is 2.16. The molecule has 1 aromatic rings. The quantitative estimate of drug-likeness (QED) is 0.813. The molecule has 0 heterocycles. The number of carbonyl (C=O) groups is 2. The molecule has 5 nitrogen and oxygen atoms in total. The third-order valence-corrected chi connectivity index (χ3v) is 3.57. The van der Waals surface area contributed by atoms with E-state index in [4.69, 9.17) is 16.7 Å². The highest BCUT2D eigenvalue weighted by atomic mass is 35.5. The molecule has 0 aliphatic rings. The smallest absolute Gasteiger partial charge is 0.317 e. The molecular weight excluding hydrogens is 292 g/mol. The topological polar surface area (TPSA) is 69.6 Å². The Morgan fingerprint density at radius 2 is 2.05 bits per heavy atom. The van der Waals surface area contributed by atoms with Gasteiger partial charge < -0.3 is 15.3 Å². The maximum absolute atomic E-state index is 12.0. The van der Waals surface area contributed by atoms with Gasteiger partial charge in [0.1, 0.15) is 0 Å². The van der Waals surface area contributed by atoms with Crippen molar-refractivity contribution in [2.24, 2.45) is 5.92 Å². The summed E-state index contributed by atoms with van der Waals surface area (Å²) in [5.41, 5.74) is 0.847. The lowest BCUT2D eigenvalue weighted by atomic mass is 10.0. The number of rotatable bonds is 7. The summed E-state index contributed by atoms with van der Waals surface area (Å²) in [7, 11) is 1.65. The van der Waals surface area contributed by atoms with Crippen molar-refractivity contribution in [2.45, 2.75) is 26.3 Å². The van der Waals surface area contributed by atoms with Crippen LogP contribution in [0.1, 0.15) is 25.3 Å². The molecule has 0 aliphatic heterocycles. The van der Waals surface area contributed by atoms with E-state index in [1.165, 1.54) is 4.90 Å². The highest BCUT2D eigenvalue weighted by Crippen LogP contribution is 2.16. The van der Waals surface area contributed by atoms with Gasteiger partial charge in [0.15, 0.2) is 0 Å². The second kappa shape index (κ2) is 8.52. The standard InChI is InChI=1S/C15H21ClN2O3/c1-3-6-11(14(19)20)9-17-15(21)18(2)10-12-7-4-5-8-13(12)16/h4-5,7-8,11H,3,6,9-10H2,1-2H3,(H,17,21)(H,19,20). The van der Waals surface area contributed by atoms with Gasteiger partial charge >= 0.3 is 12.0 Å². The van der Waals surface area contributed by atoms with Crippen LogP contribution in [0.4, 0.5) is 4.79 Å². The van der Waals surface area contributed by atoms with E-state index in [9.17, 15) is 9.59 Å². The van der Waals surface area contributed by atoms with Gasteiger partial charge in [0, 0.05) is 25.2 Å². The average Bonchev–Trinajstić information content (AvgIpc) is 2.45. The Bertz CT molecular complexity index is 494. The minimum Gasteiger partial charge on any atom is -0.481 e. The summed E-state index contributed by atoms with van der Waals surface area (Å²) in [6.45, 7) is 2.42.